The minimum Gasteiger partial charge on any atom is -0.308 e. The molecule has 1 aromatic heterocycles. The summed E-state index contributed by atoms with van der Waals surface area (Å²) in [5, 5.41) is 8.49. The largest absolute Gasteiger partial charge is 0.308 e. The second kappa shape index (κ2) is 4.54. The van der Waals surface area contributed by atoms with E-state index in [-0.39, 0.29) is 5.54 Å². The van der Waals surface area contributed by atoms with Crippen molar-refractivity contribution in [1.82, 2.24) is 15.1 Å². The predicted molar refractivity (Wildman–Crippen MR) is 64.2 cm³/mol. The van der Waals surface area contributed by atoms with Crippen LogP contribution in [0.4, 0.5) is 0 Å². The summed E-state index contributed by atoms with van der Waals surface area (Å²) in [5.74, 6) is 0. The highest BCUT2D eigenvalue weighted by atomic mass is 35.5. The Bertz CT molecular complexity index is 342. The number of hydrogen-bond acceptors (Lipinski definition) is 2. The molecule has 1 aromatic rings. The van der Waals surface area contributed by atoms with E-state index in [1.54, 1.807) is 4.68 Å². The molecule has 0 saturated heterocycles. The van der Waals surface area contributed by atoms with E-state index in [9.17, 15) is 0 Å². The fourth-order valence-corrected chi connectivity index (χ4v) is 1.57. The second-order valence-electron chi connectivity index (χ2n) is 4.57. The monoisotopic (exact) mass is 229 g/mol. The third-order valence-electron chi connectivity index (χ3n) is 2.90. The maximum Gasteiger partial charge on any atom is 0.131 e. The number of nitrogens with zero attached hydrogens (tertiary/aromatic N) is 2. The summed E-state index contributed by atoms with van der Waals surface area (Å²) in [5.41, 5.74) is 2.24. The van der Waals surface area contributed by atoms with Crippen molar-refractivity contribution in [1.29, 1.82) is 0 Å². The summed E-state index contributed by atoms with van der Waals surface area (Å²) in [6, 6.07) is 0. The van der Waals surface area contributed by atoms with Crippen LogP contribution in [0, 0.1) is 6.92 Å². The first kappa shape index (κ1) is 12.5. The van der Waals surface area contributed by atoms with Gasteiger partial charge in [0.1, 0.15) is 5.15 Å². The molecule has 1 heterocycles. The summed E-state index contributed by atoms with van der Waals surface area (Å²) >= 11 is 6.15. The van der Waals surface area contributed by atoms with Crippen LogP contribution in [0.2, 0.25) is 5.15 Å². The lowest BCUT2D eigenvalue weighted by Crippen LogP contribution is -2.37. The van der Waals surface area contributed by atoms with Crippen LogP contribution in [-0.4, -0.2) is 15.3 Å². The van der Waals surface area contributed by atoms with Crippen LogP contribution in [-0.2, 0) is 13.6 Å². The van der Waals surface area contributed by atoms with Crippen LogP contribution >= 0.6 is 11.6 Å². The molecule has 3 nitrogen and oxygen atoms in total. The Morgan fingerprint density at radius 1 is 1.47 bits per heavy atom. The Kier molecular flexibility index (Phi) is 3.79. The highest BCUT2D eigenvalue weighted by molar-refractivity contribution is 6.30. The van der Waals surface area contributed by atoms with E-state index in [0.29, 0.717) is 0 Å². The van der Waals surface area contributed by atoms with E-state index in [4.69, 9.17) is 11.6 Å². The molecule has 15 heavy (non-hydrogen) atoms. The zero-order chi connectivity index (χ0) is 11.6. The van der Waals surface area contributed by atoms with Gasteiger partial charge in [-0.25, -0.2) is 0 Å². The quantitative estimate of drug-likeness (QED) is 0.861. The topological polar surface area (TPSA) is 29.9 Å². The van der Waals surface area contributed by atoms with E-state index in [1.165, 1.54) is 0 Å². The Labute approximate surface area is 96.8 Å². The van der Waals surface area contributed by atoms with Crippen molar-refractivity contribution in [3.8, 4) is 0 Å². The van der Waals surface area contributed by atoms with E-state index in [2.05, 4.69) is 31.2 Å². The van der Waals surface area contributed by atoms with Gasteiger partial charge in [-0.1, -0.05) is 18.5 Å². The minimum absolute atomic E-state index is 0.144. The smallest absolute Gasteiger partial charge is 0.131 e. The first-order valence-corrected chi connectivity index (χ1v) is 5.68. The lowest BCUT2D eigenvalue weighted by Gasteiger charge is -2.24. The molecule has 0 unspecified atom stereocenters. The number of aryl methyl sites for hydroxylation is 2. The van der Waals surface area contributed by atoms with Crippen molar-refractivity contribution in [2.45, 2.75) is 46.2 Å². The maximum atomic E-state index is 6.15. The first-order valence-electron chi connectivity index (χ1n) is 5.30. The molecular formula is C11H20ClN3. The van der Waals surface area contributed by atoms with Crippen molar-refractivity contribution in [3.05, 3.63) is 16.4 Å². The molecule has 0 aromatic carbocycles. The van der Waals surface area contributed by atoms with Gasteiger partial charge in [0.15, 0.2) is 0 Å². The SMILES string of the molecule is CCC(C)(C)NCc1c(C)nn(C)c1Cl. The van der Waals surface area contributed by atoms with Crippen LogP contribution in [0.3, 0.4) is 0 Å². The van der Waals surface area contributed by atoms with E-state index in [0.717, 1.165) is 29.4 Å². The summed E-state index contributed by atoms with van der Waals surface area (Å²) in [4.78, 5) is 0. The molecule has 1 N–H and O–H groups in total. The van der Waals surface area contributed by atoms with Crippen molar-refractivity contribution >= 4 is 11.6 Å². The molecule has 0 aliphatic heterocycles. The molecule has 0 amide bonds. The van der Waals surface area contributed by atoms with Gasteiger partial charge in [-0.15, -0.1) is 0 Å². The lowest BCUT2D eigenvalue weighted by molar-refractivity contribution is 0.374. The van der Waals surface area contributed by atoms with Gasteiger partial charge in [0.2, 0.25) is 0 Å². The van der Waals surface area contributed by atoms with Gasteiger partial charge in [-0.05, 0) is 27.2 Å². The Hall–Kier alpha value is -0.540. The third kappa shape index (κ3) is 2.95. The van der Waals surface area contributed by atoms with Crippen molar-refractivity contribution in [2.24, 2.45) is 7.05 Å². The average Bonchev–Trinajstić information content (AvgIpc) is 2.39. The summed E-state index contributed by atoms with van der Waals surface area (Å²) in [7, 11) is 1.86. The number of hydrogen-bond donors (Lipinski definition) is 1. The molecule has 0 fully saturated rings. The highest BCUT2D eigenvalue weighted by Gasteiger charge is 2.17. The summed E-state index contributed by atoms with van der Waals surface area (Å²) < 4.78 is 1.72. The average molecular weight is 230 g/mol. The number of aromatic nitrogens is 2. The highest BCUT2D eigenvalue weighted by Crippen LogP contribution is 2.19. The molecule has 4 heteroatoms. The van der Waals surface area contributed by atoms with Gasteiger partial charge in [-0.2, -0.15) is 5.10 Å². The number of nitrogens with one attached hydrogen (secondary N) is 1. The number of halogens is 1. The summed E-state index contributed by atoms with van der Waals surface area (Å²) in [6.07, 6.45) is 1.09. The third-order valence-corrected chi connectivity index (χ3v) is 3.37. The van der Waals surface area contributed by atoms with Crippen LogP contribution in [0.15, 0.2) is 0 Å². The summed E-state index contributed by atoms with van der Waals surface area (Å²) in [6.45, 7) is 9.31. The molecular weight excluding hydrogens is 210 g/mol. The van der Waals surface area contributed by atoms with Gasteiger partial charge in [0.25, 0.3) is 0 Å². The van der Waals surface area contributed by atoms with Gasteiger partial charge in [0, 0.05) is 24.7 Å². The lowest BCUT2D eigenvalue weighted by atomic mass is 10.0. The second-order valence-corrected chi connectivity index (χ2v) is 4.93. The van der Waals surface area contributed by atoms with Crippen molar-refractivity contribution in [2.75, 3.05) is 0 Å². The van der Waals surface area contributed by atoms with Crippen LogP contribution in [0.25, 0.3) is 0 Å². The van der Waals surface area contributed by atoms with E-state index >= 15 is 0 Å². The fraction of sp³-hybridized carbons (Fsp3) is 0.727. The minimum atomic E-state index is 0.144. The van der Waals surface area contributed by atoms with Gasteiger partial charge < -0.3 is 5.32 Å². The predicted octanol–water partition coefficient (Wildman–Crippen LogP) is 2.66. The molecule has 86 valence electrons. The van der Waals surface area contributed by atoms with Gasteiger partial charge in [0.05, 0.1) is 5.69 Å². The van der Waals surface area contributed by atoms with E-state index in [1.807, 2.05) is 14.0 Å². The molecule has 0 saturated carbocycles. The normalized spacial score (nSPS) is 12.1. The molecule has 0 atom stereocenters. The Morgan fingerprint density at radius 3 is 2.47 bits per heavy atom. The van der Waals surface area contributed by atoms with Crippen LogP contribution < -0.4 is 5.32 Å². The molecule has 0 radical (unpaired) electrons. The molecule has 0 bridgehead atoms. The van der Waals surface area contributed by atoms with Crippen LogP contribution in [0.5, 0.6) is 0 Å². The van der Waals surface area contributed by atoms with Gasteiger partial charge in [-0.3, -0.25) is 4.68 Å². The Balaban J connectivity index is 2.73. The van der Waals surface area contributed by atoms with Crippen molar-refractivity contribution in [3.63, 3.8) is 0 Å². The Morgan fingerprint density at radius 2 is 2.07 bits per heavy atom. The van der Waals surface area contributed by atoms with Crippen LogP contribution in [0.1, 0.15) is 38.4 Å². The molecule has 1 rings (SSSR count). The van der Waals surface area contributed by atoms with E-state index < -0.39 is 0 Å². The zero-order valence-corrected chi connectivity index (χ0v) is 10.9. The van der Waals surface area contributed by atoms with Gasteiger partial charge >= 0.3 is 0 Å². The zero-order valence-electron chi connectivity index (χ0n) is 10.2. The molecule has 0 aliphatic rings. The molecule has 0 spiro atoms. The maximum absolute atomic E-state index is 6.15. The first-order chi connectivity index (χ1) is 6.87. The molecule has 0 aliphatic carbocycles. The van der Waals surface area contributed by atoms with Crippen molar-refractivity contribution < 1.29 is 0 Å². The number of rotatable bonds is 4. The fourth-order valence-electron chi connectivity index (χ4n) is 1.33. The standard InChI is InChI=1S/C11H20ClN3/c1-6-11(3,4)13-7-9-8(2)14-15(5)10(9)12/h13H,6-7H2,1-5H3.